The summed E-state index contributed by atoms with van der Waals surface area (Å²) >= 11 is 6.62. The van der Waals surface area contributed by atoms with Crippen LogP contribution in [0.4, 0.5) is 9.93 Å². The third-order valence-corrected chi connectivity index (χ3v) is 2.99. The maximum atomic E-state index is 11.3. The SMILES string of the molecule is CCc1nc(NC(=O)NC(=O)CCl)sc1C. The molecule has 0 fully saturated rings. The summed E-state index contributed by atoms with van der Waals surface area (Å²) in [5, 5.41) is 5.03. The third-order valence-electron chi connectivity index (χ3n) is 1.82. The van der Waals surface area contributed by atoms with Crippen molar-refractivity contribution >= 4 is 40.0 Å². The van der Waals surface area contributed by atoms with E-state index in [0.717, 1.165) is 17.0 Å². The quantitative estimate of drug-likeness (QED) is 0.817. The second-order valence-electron chi connectivity index (χ2n) is 3.01. The Labute approximate surface area is 102 Å². The summed E-state index contributed by atoms with van der Waals surface area (Å²) in [6, 6.07) is -0.609. The highest BCUT2D eigenvalue weighted by Crippen LogP contribution is 2.21. The lowest BCUT2D eigenvalue weighted by atomic mass is 10.3. The average Bonchev–Trinajstić information content (AvgIpc) is 2.58. The van der Waals surface area contributed by atoms with E-state index in [0.29, 0.717) is 5.13 Å². The van der Waals surface area contributed by atoms with Crippen LogP contribution in [-0.2, 0) is 11.2 Å². The van der Waals surface area contributed by atoms with Crippen molar-refractivity contribution in [1.82, 2.24) is 10.3 Å². The van der Waals surface area contributed by atoms with E-state index in [9.17, 15) is 9.59 Å². The summed E-state index contributed by atoms with van der Waals surface area (Å²) in [4.78, 5) is 27.3. The molecule has 3 amide bonds. The van der Waals surface area contributed by atoms with Crippen molar-refractivity contribution in [3.8, 4) is 0 Å². The van der Waals surface area contributed by atoms with Crippen molar-refractivity contribution in [2.45, 2.75) is 20.3 Å². The Bertz CT molecular complexity index is 405. The normalized spacial score (nSPS) is 9.94. The number of rotatable bonds is 3. The van der Waals surface area contributed by atoms with E-state index in [-0.39, 0.29) is 5.88 Å². The first-order valence-electron chi connectivity index (χ1n) is 4.70. The first-order chi connectivity index (χ1) is 7.56. The van der Waals surface area contributed by atoms with E-state index in [1.165, 1.54) is 11.3 Å². The van der Waals surface area contributed by atoms with Gasteiger partial charge < -0.3 is 0 Å². The van der Waals surface area contributed by atoms with E-state index >= 15 is 0 Å². The number of aryl methyl sites for hydroxylation is 2. The fourth-order valence-electron chi connectivity index (χ4n) is 1.10. The van der Waals surface area contributed by atoms with Gasteiger partial charge in [0, 0.05) is 4.88 Å². The van der Waals surface area contributed by atoms with Crippen molar-refractivity contribution < 1.29 is 9.59 Å². The first-order valence-corrected chi connectivity index (χ1v) is 6.05. The van der Waals surface area contributed by atoms with Gasteiger partial charge in [-0.05, 0) is 13.3 Å². The number of anilines is 1. The van der Waals surface area contributed by atoms with Crippen molar-refractivity contribution in [2.75, 3.05) is 11.2 Å². The molecule has 0 aliphatic rings. The average molecular weight is 262 g/mol. The van der Waals surface area contributed by atoms with Gasteiger partial charge in [0.2, 0.25) is 5.91 Å². The highest BCUT2D eigenvalue weighted by atomic mass is 35.5. The van der Waals surface area contributed by atoms with Gasteiger partial charge in [-0.3, -0.25) is 15.4 Å². The number of urea groups is 1. The monoisotopic (exact) mass is 261 g/mol. The molecule has 0 radical (unpaired) electrons. The number of carbonyl (C=O) groups excluding carboxylic acids is 2. The van der Waals surface area contributed by atoms with Gasteiger partial charge in [0.1, 0.15) is 5.88 Å². The Kier molecular flexibility index (Phi) is 4.70. The second kappa shape index (κ2) is 5.81. The van der Waals surface area contributed by atoms with Crippen molar-refractivity contribution in [2.24, 2.45) is 0 Å². The van der Waals surface area contributed by atoms with Gasteiger partial charge in [-0.25, -0.2) is 9.78 Å². The maximum Gasteiger partial charge on any atom is 0.327 e. The molecule has 0 aromatic carbocycles. The molecule has 0 aliphatic heterocycles. The minimum absolute atomic E-state index is 0.246. The Morgan fingerprint density at radius 1 is 1.50 bits per heavy atom. The number of halogens is 1. The maximum absolute atomic E-state index is 11.3. The molecular weight excluding hydrogens is 250 g/mol. The van der Waals surface area contributed by atoms with Crippen LogP contribution in [-0.4, -0.2) is 22.8 Å². The van der Waals surface area contributed by atoms with Crippen LogP contribution in [0.25, 0.3) is 0 Å². The molecule has 88 valence electrons. The number of nitrogens with zero attached hydrogens (tertiary/aromatic N) is 1. The molecule has 1 heterocycles. The zero-order valence-electron chi connectivity index (χ0n) is 8.96. The molecule has 0 atom stereocenters. The Morgan fingerprint density at radius 2 is 2.19 bits per heavy atom. The fraction of sp³-hybridized carbons (Fsp3) is 0.444. The minimum Gasteiger partial charge on any atom is -0.283 e. The van der Waals surface area contributed by atoms with Gasteiger partial charge in [-0.2, -0.15) is 0 Å². The summed E-state index contributed by atoms with van der Waals surface area (Å²) < 4.78 is 0. The van der Waals surface area contributed by atoms with Crippen LogP contribution in [0, 0.1) is 6.92 Å². The molecule has 0 bridgehead atoms. The lowest BCUT2D eigenvalue weighted by Crippen LogP contribution is -2.35. The molecule has 0 unspecified atom stereocenters. The minimum atomic E-state index is -0.609. The molecule has 0 aliphatic carbocycles. The fourth-order valence-corrected chi connectivity index (χ4v) is 2.06. The molecule has 1 aromatic heterocycles. The third kappa shape index (κ3) is 3.46. The van der Waals surface area contributed by atoms with Gasteiger partial charge in [-0.15, -0.1) is 22.9 Å². The number of alkyl halides is 1. The van der Waals surface area contributed by atoms with Gasteiger partial charge in [0.15, 0.2) is 5.13 Å². The van der Waals surface area contributed by atoms with Crippen LogP contribution in [0.3, 0.4) is 0 Å². The van der Waals surface area contributed by atoms with Gasteiger partial charge in [-0.1, -0.05) is 6.92 Å². The first kappa shape index (κ1) is 12.9. The molecule has 5 nitrogen and oxygen atoms in total. The zero-order valence-corrected chi connectivity index (χ0v) is 10.5. The van der Waals surface area contributed by atoms with Crippen LogP contribution in [0.15, 0.2) is 0 Å². The number of hydrogen-bond donors (Lipinski definition) is 2. The molecule has 0 spiro atoms. The Balaban J connectivity index is 2.59. The molecule has 16 heavy (non-hydrogen) atoms. The molecule has 7 heteroatoms. The van der Waals surface area contributed by atoms with Crippen LogP contribution in [0.1, 0.15) is 17.5 Å². The molecule has 0 saturated heterocycles. The molecular formula is C9H12ClN3O2S. The van der Waals surface area contributed by atoms with Crippen LogP contribution < -0.4 is 10.6 Å². The Hall–Kier alpha value is -1.14. The number of nitrogens with one attached hydrogen (secondary N) is 2. The number of carbonyl (C=O) groups is 2. The molecule has 0 saturated carbocycles. The van der Waals surface area contributed by atoms with Crippen molar-refractivity contribution in [3.05, 3.63) is 10.6 Å². The smallest absolute Gasteiger partial charge is 0.283 e. The predicted octanol–water partition coefficient (Wildman–Crippen LogP) is 1.90. The van der Waals surface area contributed by atoms with Gasteiger partial charge >= 0.3 is 6.03 Å². The van der Waals surface area contributed by atoms with Gasteiger partial charge in [0.05, 0.1) is 5.69 Å². The number of amides is 3. The predicted molar refractivity (Wildman–Crippen MR) is 64.1 cm³/mol. The van der Waals surface area contributed by atoms with Crippen molar-refractivity contribution in [1.29, 1.82) is 0 Å². The Morgan fingerprint density at radius 3 is 2.69 bits per heavy atom. The van der Waals surface area contributed by atoms with Crippen LogP contribution >= 0.6 is 22.9 Å². The summed E-state index contributed by atoms with van der Waals surface area (Å²) in [7, 11) is 0. The number of aromatic nitrogens is 1. The lowest BCUT2D eigenvalue weighted by molar-refractivity contribution is -0.117. The summed E-state index contributed by atoms with van der Waals surface area (Å²) in [6.45, 7) is 3.92. The topological polar surface area (TPSA) is 71.1 Å². The summed E-state index contributed by atoms with van der Waals surface area (Å²) in [6.07, 6.45) is 0.812. The van der Waals surface area contributed by atoms with Gasteiger partial charge in [0.25, 0.3) is 0 Å². The van der Waals surface area contributed by atoms with Crippen LogP contribution in [0.5, 0.6) is 0 Å². The van der Waals surface area contributed by atoms with Crippen LogP contribution in [0.2, 0.25) is 0 Å². The second-order valence-corrected chi connectivity index (χ2v) is 4.48. The number of imide groups is 1. The number of thiazole rings is 1. The summed E-state index contributed by atoms with van der Waals surface area (Å²) in [5.41, 5.74) is 0.948. The summed E-state index contributed by atoms with van der Waals surface area (Å²) in [5.74, 6) is -0.784. The van der Waals surface area contributed by atoms with E-state index in [1.54, 1.807) is 0 Å². The number of hydrogen-bond acceptors (Lipinski definition) is 4. The van der Waals surface area contributed by atoms with E-state index in [1.807, 2.05) is 13.8 Å². The molecule has 1 rings (SSSR count). The highest BCUT2D eigenvalue weighted by Gasteiger charge is 2.10. The standard InChI is InChI=1S/C9H12ClN3O2S/c1-3-6-5(2)16-9(11-6)13-8(15)12-7(14)4-10/h3-4H2,1-2H3,(H2,11,12,13,14,15). The zero-order chi connectivity index (χ0) is 12.1. The highest BCUT2D eigenvalue weighted by molar-refractivity contribution is 7.15. The van der Waals surface area contributed by atoms with E-state index in [2.05, 4.69) is 15.6 Å². The van der Waals surface area contributed by atoms with E-state index < -0.39 is 11.9 Å². The largest absolute Gasteiger partial charge is 0.327 e. The van der Waals surface area contributed by atoms with Crippen molar-refractivity contribution in [3.63, 3.8) is 0 Å². The molecule has 1 aromatic rings. The van der Waals surface area contributed by atoms with E-state index in [4.69, 9.17) is 11.6 Å². The lowest BCUT2D eigenvalue weighted by Gasteiger charge is -2.01. The molecule has 2 N–H and O–H groups in total.